The van der Waals surface area contributed by atoms with Crippen LogP contribution in [-0.2, 0) is 27.1 Å². The highest BCUT2D eigenvalue weighted by atomic mass is 35.5. The third-order valence-electron chi connectivity index (χ3n) is 12.1. The number of carbonyl (C=O) groups excluding carboxylic acids is 2. The molecular formula is C38H45ClN6O5S. The van der Waals surface area contributed by atoms with Gasteiger partial charge in [-0.15, -0.1) is 4.36 Å². The van der Waals surface area contributed by atoms with Gasteiger partial charge in [-0.1, -0.05) is 36.7 Å². The van der Waals surface area contributed by atoms with Crippen LogP contribution >= 0.6 is 11.6 Å². The first-order valence-corrected chi connectivity index (χ1v) is 19.9. The van der Waals surface area contributed by atoms with Crippen molar-refractivity contribution >= 4 is 39.1 Å². The average Bonchev–Trinajstić information content (AvgIpc) is 3.78. The van der Waals surface area contributed by atoms with Gasteiger partial charge in [-0.3, -0.25) is 19.0 Å². The minimum atomic E-state index is -3.63. The minimum absolute atomic E-state index is 0.0477. The molecule has 4 heterocycles. The summed E-state index contributed by atoms with van der Waals surface area (Å²) in [6.07, 6.45) is 11.9. The number of fused-ring (bicyclic) bond motifs is 6. The van der Waals surface area contributed by atoms with E-state index < -0.39 is 27.0 Å². The van der Waals surface area contributed by atoms with Crippen LogP contribution in [0.15, 0.2) is 59.2 Å². The van der Waals surface area contributed by atoms with Gasteiger partial charge in [0, 0.05) is 43.9 Å². The summed E-state index contributed by atoms with van der Waals surface area (Å²) >= 11 is 6.53. The molecule has 1 N–H and O–H groups in total. The molecule has 3 aromatic rings. The lowest BCUT2D eigenvalue weighted by molar-refractivity contribution is 0.0131. The van der Waals surface area contributed by atoms with E-state index in [1.54, 1.807) is 33.2 Å². The Morgan fingerprint density at radius 1 is 1.18 bits per heavy atom. The Morgan fingerprint density at radius 2 is 2.02 bits per heavy atom. The molecule has 11 nitrogen and oxygen atoms in total. The molecule has 2 amide bonds. The molecule has 2 fully saturated rings. The third kappa shape index (κ3) is 6.27. The van der Waals surface area contributed by atoms with E-state index in [2.05, 4.69) is 43.4 Å². The van der Waals surface area contributed by atoms with Crippen molar-refractivity contribution in [3.8, 4) is 5.75 Å². The van der Waals surface area contributed by atoms with Crippen LogP contribution < -0.4 is 14.4 Å². The summed E-state index contributed by atoms with van der Waals surface area (Å²) in [6.45, 7) is 5.59. The molecule has 9 atom stereocenters. The van der Waals surface area contributed by atoms with Crippen molar-refractivity contribution in [3.05, 3.63) is 82.3 Å². The van der Waals surface area contributed by atoms with E-state index in [1.165, 1.54) is 28.2 Å². The summed E-state index contributed by atoms with van der Waals surface area (Å²) in [5, 5.41) is 4.15. The molecule has 5 aliphatic rings. The fourth-order valence-electron chi connectivity index (χ4n) is 8.79. The van der Waals surface area contributed by atoms with Crippen molar-refractivity contribution in [1.29, 1.82) is 0 Å². The lowest BCUT2D eigenvalue weighted by atomic mass is 9.68. The molecule has 51 heavy (non-hydrogen) atoms. The summed E-state index contributed by atoms with van der Waals surface area (Å²) in [7, 11) is -0.184. The second-order valence-corrected chi connectivity index (χ2v) is 18.1. The van der Waals surface area contributed by atoms with E-state index in [4.69, 9.17) is 26.1 Å². The number of nitrogens with one attached hydrogen (secondary N) is 1. The number of methoxy groups -OCH3 is 1. The summed E-state index contributed by atoms with van der Waals surface area (Å²) in [5.41, 5.74) is 2.59. The molecular weight excluding hydrogens is 688 g/mol. The van der Waals surface area contributed by atoms with Gasteiger partial charge >= 0.3 is 5.91 Å². The maximum Gasteiger partial charge on any atom is 0.305 e. The van der Waals surface area contributed by atoms with Crippen molar-refractivity contribution < 1.29 is 23.3 Å². The number of anilines is 1. The number of nitrogens with zero attached hydrogens (tertiary/aromatic N) is 5. The van der Waals surface area contributed by atoms with Gasteiger partial charge in [0.1, 0.15) is 15.6 Å². The first kappa shape index (κ1) is 34.4. The maximum absolute atomic E-state index is 14.7. The molecule has 2 bridgehead atoms. The minimum Gasteiger partial charge on any atom is -0.489 e. The van der Waals surface area contributed by atoms with E-state index in [9.17, 15) is 13.8 Å². The zero-order chi connectivity index (χ0) is 35.7. The number of aromatic nitrogens is 3. The van der Waals surface area contributed by atoms with Crippen LogP contribution in [0.25, 0.3) is 0 Å². The number of pyridine rings is 1. The maximum atomic E-state index is 14.7. The highest BCUT2D eigenvalue weighted by Gasteiger charge is 2.54. The largest absolute Gasteiger partial charge is 0.489 e. The van der Waals surface area contributed by atoms with Crippen LogP contribution in [0.1, 0.15) is 83.8 Å². The number of benzene rings is 1. The van der Waals surface area contributed by atoms with Gasteiger partial charge in [0.2, 0.25) is 0 Å². The van der Waals surface area contributed by atoms with E-state index >= 15 is 0 Å². The standard InChI is InChI=1S/C38H45ClN6O5S/c1-22-6-5-7-33(49-4)28-10-8-24(28)19-45-20-38(16-25-14-29(25)30-15-27(39)9-11-31(30)38)21-50-34-13-12-32(41-35(34)45)37(47)43-51(48,23(22)2)42-36(46)26-17-40-44(3)18-26/h5,7,9,11-13,15,17-18,22-25,28-29,33H,6,8,10,14,16,19-21H2,1-4H3,(H,42,43,46,47,48)/b7-5+. The molecule has 2 aromatic heterocycles. The third-order valence-corrected chi connectivity index (χ3v) is 14.7. The molecule has 2 aliphatic heterocycles. The number of rotatable bonds is 3. The molecule has 1 aromatic carbocycles. The summed E-state index contributed by atoms with van der Waals surface area (Å²) in [5.74, 6) is 1.39. The van der Waals surface area contributed by atoms with E-state index in [0.717, 1.165) is 37.3 Å². The fraction of sp³-hybridized carbons (Fsp3) is 0.526. The number of amides is 2. The van der Waals surface area contributed by atoms with Crippen LogP contribution in [-0.4, -0.2) is 68.9 Å². The van der Waals surface area contributed by atoms with Crippen LogP contribution in [0.5, 0.6) is 5.75 Å². The molecule has 2 saturated carbocycles. The highest BCUT2D eigenvalue weighted by molar-refractivity contribution is 7.93. The zero-order valence-electron chi connectivity index (χ0n) is 29.5. The number of hydrogen-bond acceptors (Lipinski definition) is 8. The molecule has 13 heteroatoms. The second-order valence-electron chi connectivity index (χ2n) is 15.4. The van der Waals surface area contributed by atoms with Gasteiger partial charge in [0.25, 0.3) is 5.91 Å². The van der Waals surface area contributed by atoms with Crippen molar-refractivity contribution in [3.63, 3.8) is 0 Å². The van der Waals surface area contributed by atoms with Gasteiger partial charge in [-0.25, -0.2) is 9.19 Å². The molecule has 0 saturated heterocycles. The molecule has 0 radical (unpaired) electrons. The first-order valence-electron chi connectivity index (χ1n) is 18.0. The quantitative estimate of drug-likeness (QED) is 0.321. The Hall–Kier alpha value is -3.74. The Balaban J connectivity index is 1.22. The van der Waals surface area contributed by atoms with Crippen LogP contribution in [0.3, 0.4) is 0 Å². The molecule has 9 unspecified atom stereocenters. The van der Waals surface area contributed by atoms with Gasteiger partial charge in [-0.05, 0) is 104 Å². The van der Waals surface area contributed by atoms with E-state index in [0.29, 0.717) is 54.8 Å². The van der Waals surface area contributed by atoms with Gasteiger partial charge in [0.15, 0.2) is 11.6 Å². The lowest BCUT2D eigenvalue weighted by Gasteiger charge is -2.45. The van der Waals surface area contributed by atoms with Crippen LogP contribution in [0.2, 0.25) is 5.02 Å². The number of halogens is 1. The number of aryl methyl sites for hydroxylation is 1. The number of carbonyl (C=O) groups is 2. The number of ether oxygens (including phenoxy) is 2. The Kier molecular flexibility index (Phi) is 8.78. The van der Waals surface area contributed by atoms with Gasteiger partial charge < -0.3 is 14.4 Å². The van der Waals surface area contributed by atoms with Gasteiger partial charge in [0.05, 0.1) is 29.7 Å². The van der Waals surface area contributed by atoms with Crippen molar-refractivity contribution in [2.24, 2.45) is 35.1 Å². The Bertz CT molecular complexity index is 2040. The highest BCUT2D eigenvalue weighted by Crippen LogP contribution is 2.61. The Labute approximate surface area is 304 Å². The second kappa shape index (κ2) is 13.0. The number of allylic oxidation sites excluding steroid dienone is 1. The monoisotopic (exact) mass is 732 g/mol. The summed E-state index contributed by atoms with van der Waals surface area (Å²) < 4.78 is 35.9. The van der Waals surface area contributed by atoms with E-state index in [-0.39, 0.29) is 28.7 Å². The topological polar surface area (TPSA) is 128 Å². The van der Waals surface area contributed by atoms with Crippen LogP contribution in [0.4, 0.5) is 5.82 Å². The predicted molar refractivity (Wildman–Crippen MR) is 196 cm³/mol. The predicted octanol–water partition coefficient (Wildman–Crippen LogP) is 6.09. The first-order chi connectivity index (χ1) is 24.5. The molecule has 1 spiro atoms. The van der Waals surface area contributed by atoms with Crippen molar-refractivity contribution in [2.45, 2.75) is 68.6 Å². The van der Waals surface area contributed by atoms with Crippen LogP contribution in [0, 0.1) is 23.7 Å². The zero-order valence-corrected chi connectivity index (χ0v) is 31.0. The lowest BCUT2D eigenvalue weighted by Crippen LogP contribution is -2.50. The molecule has 3 aliphatic carbocycles. The fourth-order valence-corrected chi connectivity index (χ4v) is 10.8. The number of hydrogen-bond donors (Lipinski definition) is 1. The van der Waals surface area contributed by atoms with Gasteiger partial charge in [-0.2, -0.15) is 5.10 Å². The normalized spacial score (nSPS) is 34.8. The summed E-state index contributed by atoms with van der Waals surface area (Å²) in [4.78, 5) is 34.6. The van der Waals surface area contributed by atoms with Crippen molar-refractivity contribution in [1.82, 2.24) is 19.5 Å². The summed E-state index contributed by atoms with van der Waals surface area (Å²) in [6, 6.07) is 9.67. The van der Waals surface area contributed by atoms with E-state index in [1.807, 2.05) is 13.0 Å². The smallest absolute Gasteiger partial charge is 0.305 e. The van der Waals surface area contributed by atoms with Crippen molar-refractivity contribution in [2.75, 3.05) is 31.7 Å². The SMILES string of the molecule is COC1/C=C/CC(C)C(C)S(=O)(NC(=O)c2cnn(C)c2)=NC(=O)c2ccc3c(n2)N(CC2CCC21)CC1(CO3)CC2CC2c2cc(Cl)ccc21. The average molecular weight is 733 g/mol. The Morgan fingerprint density at radius 3 is 2.76 bits per heavy atom. The molecule has 8 rings (SSSR count). The molecule has 270 valence electrons.